The fraction of sp³-hybridized carbons (Fsp3) is 0.280. The number of piperidine rings is 1. The molecule has 0 aliphatic carbocycles. The van der Waals surface area contributed by atoms with Gasteiger partial charge in [0.2, 0.25) is 6.10 Å². The molecule has 0 saturated carbocycles. The molecule has 30 heavy (non-hydrogen) atoms. The molecule has 1 fully saturated rings. The zero-order chi connectivity index (χ0) is 20.8. The molecule has 4 rings (SSSR count). The first-order chi connectivity index (χ1) is 14.7. The number of nitrogens with zero attached hydrogens (tertiary/aromatic N) is 1. The van der Waals surface area contributed by atoms with Crippen molar-refractivity contribution in [3.05, 3.63) is 78.4 Å². The maximum atomic E-state index is 13.1. The van der Waals surface area contributed by atoms with E-state index in [0.717, 1.165) is 48.2 Å². The lowest BCUT2D eigenvalue weighted by atomic mass is 10.1. The Morgan fingerprint density at radius 3 is 2.33 bits per heavy atom. The molecule has 0 aromatic heterocycles. The SMILES string of the molecule is O=C(CSc1ccc2ccccc2c1)O[C@H](C(=O)N1CCCCC1)c1ccccc1. The second kappa shape index (κ2) is 9.81. The number of thioether (sulfide) groups is 1. The number of fused-ring (bicyclic) bond motifs is 1. The van der Waals surface area contributed by atoms with Crippen LogP contribution in [0.2, 0.25) is 0 Å². The summed E-state index contributed by atoms with van der Waals surface area (Å²) in [6.45, 7) is 1.46. The van der Waals surface area contributed by atoms with Gasteiger partial charge >= 0.3 is 5.97 Å². The molecule has 3 aromatic carbocycles. The first-order valence-electron chi connectivity index (χ1n) is 10.4. The van der Waals surface area contributed by atoms with E-state index in [-0.39, 0.29) is 17.6 Å². The van der Waals surface area contributed by atoms with E-state index >= 15 is 0 Å². The number of hydrogen-bond acceptors (Lipinski definition) is 4. The molecule has 5 heteroatoms. The van der Waals surface area contributed by atoms with Crippen molar-refractivity contribution in [3.8, 4) is 0 Å². The van der Waals surface area contributed by atoms with Crippen LogP contribution in [-0.2, 0) is 14.3 Å². The maximum absolute atomic E-state index is 13.1. The predicted octanol–water partition coefficient (Wildman–Crippen LogP) is 5.23. The Balaban J connectivity index is 1.43. The molecule has 0 radical (unpaired) electrons. The van der Waals surface area contributed by atoms with Crippen molar-refractivity contribution >= 4 is 34.4 Å². The van der Waals surface area contributed by atoms with Crippen LogP contribution in [-0.4, -0.2) is 35.6 Å². The standard InChI is InChI=1S/C25H25NO3S/c27-23(18-30-22-14-13-19-9-5-6-12-21(19)17-22)29-24(20-10-3-1-4-11-20)25(28)26-15-7-2-8-16-26/h1,3-6,9-14,17,24H,2,7-8,15-16,18H2/t24-/m0/s1. The highest BCUT2D eigenvalue weighted by atomic mass is 32.2. The van der Waals surface area contributed by atoms with E-state index < -0.39 is 6.10 Å². The van der Waals surface area contributed by atoms with Gasteiger partial charge in [0.25, 0.3) is 5.91 Å². The molecule has 1 atom stereocenters. The summed E-state index contributed by atoms with van der Waals surface area (Å²) >= 11 is 1.43. The summed E-state index contributed by atoms with van der Waals surface area (Å²) in [5.74, 6) is -0.341. The van der Waals surface area contributed by atoms with Gasteiger partial charge in [0, 0.05) is 23.5 Å². The summed E-state index contributed by atoms with van der Waals surface area (Å²) < 4.78 is 5.71. The van der Waals surface area contributed by atoms with Gasteiger partial charge in [0.1, 0.15) is 0 Å². The Bertz CT molecular complexity index is 1020. The Morgan fingerprint density at radius 2 is 1.57 bits per heavy atom. The van der Waals surface area contributed by atoms with Gasteiger partial charge in [0.05, 0.1) is 5.75 Å². The number of carbonyl (C=O) groups is 2. The summed E-state index contributed by atoms with van der Waals surface area (Å²) in [5, 5.41) is 2.30. The minimum absolute atomic E-state index is 0.120. The minimum Gasteiger partial charge on any atom is -0.447 e. The Labute approximate surface area is 181 Å². The van der Waals surface area contributed by atoms with Crippen molar-refractivity contribution in [1.82, 2.24) is 4.90 Å². The molecule has 1 aliphatic rings. The summed E-state index contributed by atoms with van der Waals surface area (Å²) in [6, 6.07) is 23.6. The van der Waals surface area contributed by atoms with Gasteiger partial charge in [-0.2, -0.15) is 0 Å². The molecule has 4 nitrogen and oxygen atoms in total. The largest absolute Gasteiger partial charge is 0.447 e. The molecule has 0 bridgehead atoms. The maximum Gasteiger partial charge on any atom is 0.317 e. The molecule has 3 aromatic rings. The van der Waals surface area contributed by atoms with Crippen molar-refractivity contribution in [3.63, 3.8) is 0 Å². The van der Waals surface area contributed by atoms with Crippen LogP contribution in [0.4, 0.5) is 0 Å². The van der Waals surface area contributed by atoms with Crippen LogP contribution in [0, 0.1) is 0 Å². The zero-order valence-corrected chi connectivity index (χ0v) is 17.6. The number of amides is 1. The van der Waals surface area contributed by atoms with Crippen LogP contribution >= 0.6 is 11.8 Å². The second-order valence-electron chi connectivity index (χ2n) is 7.46. The number of rotatable bonds is 6. The van der Waals surface area contributed by atoms with Gasteiger partial charge in [-0.3, -0.25) is 9.59 Å². The Hall–Kier alpha value is -2.79. The molecule has 0 unspecified atom stereocenters. The van der Waals surface area contributed by atoms with E-state index in [1.54, 1.807) is 0 Å². The van der Waals surface area contributed by atoms with Crippen LogP contribution in [0.1, 0.15) is 30.9 Å². The topological polar surface area (TPSA) is 46.6 Å². The average molecular weight is 420 g/mol. The zero-order valence-electron chi connectivity index (χ0n) is 16.8. The number of carbonyl (C=O) groups excluding carboxylic acids is 2. The van der Waals surface area contributed by atoms with E-state index in [1.165, 1.54) is 17.1 Å². The summed E-state index contributed by atoms with van der Waals surface area (Å²) in [5.41, 5.74) is 0.720. The van der Waals surface area contributed by atoms with Crippen molar-refractivity contribution < 1.29 is 14.3 Å². The van der Waals surface area contributed by atoms with Gasteiger partial charge in [-0.1, -0.05) is 60.7 Å². The van der Waals surface area contributed by atoms with E-state index in [2.05, 4.69) is 24.3 Å². The molecular formula is C25H25NO3S. The van der Waals surface area contributed by atoms with Crippen LogP contribution in [0.15, 0.2) is 77.7 Å². The van der Waals surface area contributed by atoms with E-state index in [9.17, 15) is 9.59 Å². The van der Waals surface area contributed by atoms with Crippen LogP contribution < -0.4 is 0 Å². The number of likely N-dealkylation sites (tertiary alicyclic amines) is 1. The van der Waals surface area contributed by atoms with Gasteiger partial charge in [-0.25, -0.2) is 0 Å². The molecule has 1 aliphatic heterocycles. The van der Waals surface area contributed by atoms with Crippen molar-refractivity contribution in [2.45, 2.75) is 30.3 Å². The third-order valence-corrected chi connectivity index (χ3v) is 6.29. The summed E-state index contributed by atoms with van der Waals surface area (Å²) in [7, 11) is 0. The highest BCUT2D eigenvalue weighted by molar-refractivity contribution is 8.00. The lowest BCUT2D eigenvalue weighted by molar-refractivity contribution is -0.159. The number of ether oxygens (including phenoxy) is 1. The van der Waals surface area contributed by atoms with Crippen LogP contribution in [0.25, 0.3) is 10.8 Å². The number of benzene rings is 3. The molecule has 154 valence electrons. The number of esters is 1. The molecular weight excluding hydrogens is 394 g/mol. The lowest BCUT2D eigenvalue weighted by Crippen LogP contribution is -2.40. The number of hydrogen-bond donors (Lipinski definition) is 0. The quantitative estimate of drug-likeness (QED) is 0.405. The molecule has 0 N–H and O–H groups in total. The first-order valence-corrected chi connectivity index (χ1v) is 11.3. The third-order valence-electron chi connectivity index (χ3n) is 5.32. The smallest absolute Gasteiger partial charge is 0.317 e. The summed E-state index contributed by atoms with van der Waals surface area (Å²) in [6.07, 6.45) is 2.26. The second-order valence-corrected chi connectivity index (χ2v) is 8.51. The Morgan fingerprint density at radius 1 is 0.867 bits per heavy atom. The van der Waals surface area contributed by atoms with Crippen LogP contribution in [0.3, 0.4) is 0 Å². The highest BCUT2D eigenvalue weighted by Crippen LogP contribution is 2.26. The lowest BCUT2D eigenvalue weighted by Gasteiger charge is -2.30. The van der Waals surface area contributed by atoms with E-state index in [4.69, 9.17) is 4.74 Å². The highest BCUT2D eigenvalue weighted by Gasteiger charge is 2.30. The third kappa shape index (κ3) is 5.03. The predicted molar refractivity (Wildman–Crippen MR) is 120 cm³/mol. The fourth-order valence-electron chi connectivity index (χ4n) is 3.73. The molecule has 0 spiro atoms. The molecule has 1 amide bonds. The van der Waals surface area contributed by atoms with Crippen LogP contribution in [0.5, 0.6) is 0 Å². The van der Waals surface area contributed by atoms with Gasteiger partial charge in [0.15, 0.2) is 0 Å². The van der Waals surface area contributed by atoms with Gasteiger partial charge < -0.3 is 9.64 Å². The van der Waals surface area contributed by atoms with Crippen molar-refractivity contribution in [1.29, 1.82) is 0 Å². The average Bonchev–Trinajstić information content (AvgIpc) is 2.82. The van der Waals surface area contributed by atoms with Gasteiger partial charge in [-0.05, 0) is 42.2 Å². The Kier molecular flexibility index (Phi) is 6.70. The minimum atomic E-state index is -0.881. The molecule has 1 heterocycles. The van der Waals surface area contributed by atoms with Crippen molar-refractivity contribution in [2.24, 2.45) is 0 Å². The van der Waals surface area contributed by atoms with E-state index in [1.807, 2.05) is 53.4 Å². The van der Waals surface area contributed by atoms with Crippen molar-refractivity contribution in [2.75, 3.05) is 18.8 Å². The summed E-state index contributed by atoms with van der Waals surface area (Å²) in [4.78, 5) is 28.6. The van der Waals surface area contributed by atoms with E-state index in [0.29, 0.717) is 0 Å². The molecule has 1 saturated heterocycles. The fourth-order valence-corrected chi connectivity index (χ4v) is 4.46. The first kappa shape index (κ1) is 20.5. The monoisotopic (exact) mass is 419 g/mol. The normalized spacial score (nSPS) is 15.0. The van der Waals surface area contributed by atoms with Gasteiger partial charge in [-0.15, -0.1) is 11.8 Å².